The van der Waals surface area contributed by atoms with Crippen molar-refractivity contribution in [1.82, 2.24) is 24.9 Å². The van der Waals surface area contributed by atoms with Gasteiger partial charge in [-0.05, 0) is 18.6 Å². The van der Waals surface area contributed by atoms with Gasteiger partial charge in [0.2, 0.25) is 4.47 Å². The molecule has 2 aromatic rings. The van der Waals surface area contributed by atoms with Gasteiger partial charge in [0.05, 0.1) is 18.4 Å². The first kappa shape index (κ1) is 14.4. The summed E-state index contributed by atoms with van der Waals surface area (Å²) in [5.41, 5.74) is 0.734. The molecule has 0 unspecified atom stereocenters. The smallest absolute Gasteiger partial charge is 0.269 e. The van der Waals surface area contributed by atoms with Gasteiger partial charge >= 0.3 is 0 Å². The molecule has 0 atom stereocenters. The Kier molecular flexibility index (Phi) is 4.18. The largest absolute Gasteiger partial charge is 0.368 e. The van der Waals surface area contributed by atoms with E-state index in [0.717, 1.165) is 31.9 Å². The van der Waals surface area contributed by atoms with Gasteiger partial charge in [-0.25, -0.2) is 4.68 Å². The maximum absolute atomic E-state index is 12.1. The van der Waals surface area contributed by atoms with Crippen LogP contribution in [0.2, 0.25) is 4.47 Å². The Morgan fingerprint density at radius 1 is 1.29 bits per heavy atom. The highest BCUT2D eigenvalue weighted by atomic mass is 35.5. The van der Waals surface area contributed by atoms with Gasteiger partial charge in [-0.15, -0.1) is 10.2 Å². The fourth-order valence-electron chi connectivity index (χ4n) is 2.21. The number of nitrogens with zero attached hydrogens (tertiary/aromatic N) is 6. The predicted octanol–water partition coefficient (Wildman–Crippen LogP) is 0.548. The Labute approximate surface area is 130 Å². The van der Waals surface area contributed by atoms with Crippen molar-refractivity contribution < 1.29 is 0 Å². The monoisotopic (exact) mass is 326 g/mol. The van der Waals surface area contributed by atoms with Crippen LogP contribution in [0.1, 0.15) is 5.01 Å². The fraction of sp³-hybridized carbons (Fsp3) is 0.500. The van der Waals surface area contributed by atoms with Crippen LogP contribution < -0.4 is 10.5 Å². The van der Waals surface area contributed by atoms with E-state index >= 15 is 0 Å². The van der Waals surface area contributed by atoms with Crippen molar-refractivity contribution >= 4 is 28.6 Å². The molecular weight excluding hydrogens is 312 g/mol. The summed E-state index contributed by atoms with van der Waals surface area (Å²) in [4.78, 5) is 16.6. The number of rotatable bonds is 3. The van der Waals surface area contributed by atoms with Gasteiger partial charge in [-0.1, -0.05) is 11.3 Å². The molecule has 1 saturated heterocycles. The Hall–Kier alpha value is -1.51. The molecule has 1 fully saturated rings. The van der Waals surface area contributed by atoms with E-state index in [0.29, 0.717) is 16.0 Å². The van der Waals surface area contributed by atoms with Crippen LogP contribution in [-0.4, -0.2) is 58.1 Å². The minimum atomic E-state index is -0.141. The summed E-state index contributed by atoms with van der Waals surface area (Å²) in [7, 11) is 2.10. The first-order valence-electron chi connectivity index (χ1n) is 6.60. The maximum Gasteiger partial charge on any atom is 0.269 e. The second-order valence-corrected chi connectivity index (χ2v) is 6.59. The van der Waals surface area contributed by atoms with Crippen molar-refractivity contribution in [3.63, 3.8) is 0 Å². The van der Waals surface area contributed by atoms with E-state index in [4.69, 9.17) is 11.6 Å². The molecule has 9 heteroatoms. The summed E-state index contributed by atoms with van der Waals surface area (Å²) in [5, 5.41) is 12.5. The standard InChI is InChI=1S/C12H15ClN6OS/c1-17-2-4-18(5-3-17)9-6-11(20)19(14-7-9)8-10-15-16-12(13)21-10/h6-7H,2-5,8H2,1H3. The molecule has 0 bridgehead atoms. The van der Waals surface area contributed by atoms with E-state index in [1.165, 1.54) is 16.0 Å². The molecule has 0 aromatic carbocycles. The van der Waals surface area contributed by atoms with Gasteiger partial charge in [0, 0.05) is 32.2 Å². The van der Waals surface area contributed by atoms with Crippen LogP contribution in [0.15, 0.2) is 17.1 Å². The number of hydrogen-bond donors (Lipinski definition) is 0. The van der Waals surface area contributed by atoms with Crippen LogP contribution in [0.25, 0.3) is 0 Å². The molecule has 1 aliphatic rings. The third-order valence-corrected chi connectivity index (χ3v) is 4.45. The highest BCUT2D eigenvalue weighted by Crippen LogP contribution is 2.16. The van der Waals surface area contributed by atoms with Gasteiger partial charge in [0.1, 0.15) is 5.01 Å². The van der Waals surface area contributed by atoms with Crippen molar-refractivity contribution in [2.45, 2.75) is 6.54 Å². The third kappa shape index (κ3) is 3.39. The van der Waals surface area contributed by atoms with Crippen molar-refractivity contribution in [3.05, 3.63) is 32.1 Å². The van der Waals surface area contributed by atoms with E-state index in [1.807, 2.05) is 0 Å². The second kappa shape index (κ2) is 6.08. The molecule has 0 N–H and O–H groups in total. The van der Waals surface area contributed by atoms with E-state index in [1.54, 1.807) is 12.3 Å². The molecule has 3 heterocycles. The zero-order chi connectivity index (χ0) is 14.8. The molecule has 21 heavy (non-hydrogen) atoms. The van der Waals surface area contributed by atoms with Crippen LogP contribution in [0.3, 0.4) is 0 Å². The van der Waals surface area contributed by atoms with Crippen LogP contribution in [0, 0.1) is 0 Å². The Bertz CT molecular complexity index is 678. The average molecular weight is 327 g/mol. The Balaban J connectivity index is 1.75. The highest BCUT2D eigenvalue weighted by Gasteiger charge is 2.15. The summed E-state index contributed by atoms with van der Waals surface area (Å²) in [6.45, 7) is 4.10. The zero-order valence-corrected chi connectivity index (χ0v) is 13.1. The first-order chi connectivity index (χ1) is 10.1. The summed E-state index contributed by atoms with van der Waals surface area (Å²) in [6, 6.07) is 1.63. The summed E-state index contributed by atoms with van der Waals surface area (Å²) >= 11 is 6.98. The summed E-state index contributed by atoms with van der Waals surface area (Å²) in [6.07, 6.45) is 1.73. The maximum atomic E-state index is 12.1. The number of likely N-dealkylation sites (N-methyl/N-ethyl adjacent to an activating group) is 1. The first-order valence-corrected chi connectivity index (χ1v) is 7.80. The molecule has 0 aliphatic carbocycles. The van der Waals surface area contributed by atoms with Gasteiger partial charge in [-0.3, -0.25) is 4.79 Å². The minimum absolute atomic E-state index is 0.141. The summed E-state index contributed by atoms with van der Waals surface area (Å²) in [5.74, 6) is 0. The van der Waals surface area contributed by atoms with Crippen LogP contribution in [0.5, 0.6) is 0 Å². The second-order valence-electron chi connectivity index (χ2n) is 4.95. The van der Waals surface area contributed by atoms with Gasteiger partial charge in [0.25, 0.3) is 5.56 Å². The molecule has 0 radical (unpaired) electrons. The van der Waals surface area contributed by atoms with E-state index in [-0.39, 0.29) is 5.56 Å². The topological polar surface area (TPSA) is 67.2 Å². The lowest BCUT2D eigenvalue weighted by atomic mass is 10.3. The van der Waals surface area contributed by atoms with E-state index < -0.39 is 0 Å². The van der Waals surface area contributed by atoms with E-state index in [2.05, 4.69) is 32.1 Å². The van der Waals surface area contributed by atoms with Crippen molar-refractivity contribution in [2.75, 3.05) is 38.1 Å². The number of anilines is 1. The van der Waals surface area contributed by atoms with Crippen molar-refractivity contribution in [2.24, 2.45) is 0 Å². The molecule has 0 amide bonds. The van der Waals surface area contributed by atoms with Crippen LogP contribution in [-0.2, 0) is 6.54 Å². The quantitative estimate of drug-likeness (QED) is 0.820. The van der Waals surface area contributed by atoms with Crippen LogP contribution >= 0.6 is 22.9 Å². The van der Waals surface area contributed by atoms with Crippen molar-refractivity contribution in [3.8, 4) is 0 Å². The van der Waals surface area contributed by atoms with Crippen molar-refractivity contribution in [1.29, 1.82) is 0 Å². The fourth-order valence-corrected chi connectivity index (χ4v) is 3.06. The molecule has 1 aliphatic heterocycles. The van der Waals surface area contributed by atoms with Crippen LogP contribution in [0.4, 0.5) is 5.69 Å². The lowest BCUT2D eigenvalue weighted by molar-refractivity contribution is 0.312. The van der Waals surface area contributed by atoms with Gasteiger partial charge in [-0.2, -0.15) is 5.10 Å². The number of aromatic nitrogens is 4. The molecule has 0 spiro atoms. The Morgan fingerprint density at radius 2 is 2.05 bits per heavy atom. The number of piperazine rings is 1. The third-order valence-electron chi connectivity index (χ3n) is 3.45. The predicted molar refractivity (Wildman–Crippen MR) is 82.2 cm³/mol. The van der Waals surface area contributed by atoms with Gasteiger partial charge in [0.15, 0.2) is 0 Å². The van der Waals surface area contributed by atoms with Gasteiger partial charge < -0.3 is 9.80 Å². The molecule has 7 nitrogen and oxygen atoms in total. The molecule has 0 saturated carbocycles. The molecular formula is C12H15ClN6OS. The lowest BCUT2D eigenvalue weighted by Crippen LogP contribution is -2.45. The number of halogens is 1. The average Bonchev–Trinajstić information content (AvgIpc) is 2.87. The minimum Gasteiger partial charge on any atom is -0.368 e. The SMILES string of the molecule is CN1CCN(c2cnn(Cc3nnc(Cl)s3)c(=O)c2)CC1. The Morgan fingerprint density at radius 3 is 2.67 bits per heavy atom. The molecule has 112 valence electrons. The zero-order valence-electron chi connectivity index (χ0n) is 11.6. The highest BCUT2D eigenvalue weighted by molar-refractivity contribution is 7.15. The van der Waals surface area contributed by atoms with E-state index in [9.17, 15) is 4.79 Å². The lowest BCUT2D eigenvalue weighted by Gasteiger charge is -2.33. The number of hydrogen-bond acceptors (Lipinski definition) is 7. The normalized spacial score (nSPS) is 16.4. The molecule has 3 rings (SSSR count). The summed E-state index contributed by atoms with van der Waals surface area (Å²) < 4.78 is 1.74. The molecule has 2 aromatic heterocycles.